The van der Waals surface area contributed by atoms with Crippen molar-refractivity contribution in [2.24, 2.45) is 4.99 Å². The number of aromatic nitrogens is 4. The molecule has 3 aromatic carbocycles. The molecule has 0 amide bonds. The number of fused-ring (bicyclic) bond motifs is 5. The first kappa shape index (κ1) is 20.3. The molecule has 1 aliphatic heterocycles. The second-order valence-corrected chi connectivity index (χ2v) is 9.53. The summed E-state index contributed by atoms with van der Waals surface area (Å²) in [4.78, 5) is 10.5. The summed E-state index contributed by atoms with van der Waals surface area (Å²) in [6.07, 6.45) is 9.45. The number of aliphatic imine (C=N–C) groups is 1. The zero-order valence-electron chi connectivity index (χ0n) is 20.1. The summed E-state index contributed by atoms with van der Waals surface area (Å²) >= 11 is 0. The molecule has 7 aromatic rings. The molecular formula is C32H23N5. The van der Waals surface area contributed by atoms with Crippen LogP contribution in [0.5, 0.6) is 0 Å². The lowest BCUT2D eigenvalue weighted by Gasteiger charge is -2.20. The first-order chi connectivity index (χ1) is 18.3. The summed E-state index contributed by atoms with van der Waals surface area (Å²) in [7, 11) is 0. The van der Waals surface area contributed by atoms with Crippen molar-refractivity contribution in [3.05, 3.63) is 122 Å². The topological polar surface area (TPSA) is 40.0 Å². The molecule has 5 nitrogen and oxygen atoms in total. The number of allylic oxidation sites excluding steroid dienone is 1. The van der Waals surface area contributed by atoms with E-state index in [-0.39, 0.29) is 6.17 Å². The molecule has 0 N–H and O–H groups in total. The number of benzene rings is 3. The van der Waals surface area contributed by atoms with Gasteiger partial charge in [-0.25, -0.2) is 9.98 Å². The number of pyridine rings is 1. The van der Waals surface area contributed by atoms with Crippen LogP contribution in [-0.2, 0) is 0 Å². The van der Waals surface area contributed by atoms with Gasteiger partial charge in [0, 0.05) is 35.1 Å². The van der Waals surface area contributed by atoms with Crippen molar-refractivity contribution >= 4 is 49.6 Å². The average molecular weight is 478 g/mol. The fourth-order valence-electron chi connectivity index (χ4n) is 5.69. The van der Waals surface area contributed by atoms with Crippen LogP contribution in [0.25, 0.3) is 49.6 Å². The number of para-hydroxylation sites is 3. The van der Waals surface area contributed by atoms with Gasteiger partial charge in [-0.15, -0.1) is 0 Å². The predicted octanol–water partition coefficient (Wildman–Crippen LogP) is 7.49. The van der Waals surface area contributed by atoms with Crippen LogP contribution < -0.4 is 0 Å². The molecule has 0 saturated carbocycles. The van der Waals surface area contributed by atoms with E-state index in [4.69, 9.17) is 9.98 Å². The van der Waals surface area contributed by atoms with Crippen molar-refractivity contribution in [1.82, 2.24) is 18.7 Å². The molecule has 1 aliphatic rings. The number of dihydropyridines is 1. The largest absolute Gasteiger partial charge is 0.324 e. The van der Waals surface area contributed by atoms with Gasteiger partial charge in [0.05, 0.1) is 11.0 Å². The fraction of sp³-hybridized carbons (Fsp3) is 0.0625. The maximum absolute atomic E-state index is 5.27. The highest BCUT2D eigenvalue weighted by atomic mass is 15.2. The Bertz CT molecular complexity index is 2030. The maximum atomic E-state index is 5.27. The Morgan fingerprint density at radius 1 is 0.649 bits per heavy atom. The Labute approximate surface area is 213 Å². The summed E-state index contributed by atoms with van der Waals surface area (Å²) in [5.41, 5.74) is 4.37. The maximum Gasteiger partial charge on any atom is 0.149 e. The molecule has 0 fully saturated rings. The quantitative estimate of drug-likeness (QED) is 0.254. The molecule has 0 aliphatic carbocycles. The van der Waals surface area contributed by atoms with Gasteiger partial charge in [0.1, 0.15) is 23.5 Å². The summed E-state index contributed by atoms with van der Waals surface area (Å²) in [5, 5.41) is 4.74. The monoisotopic (exact) mass is 477 g/mol. The first-order valence-corrected chi connectivity index (χ1v) is 12.6. The van der Waals surface area contributed by atoms with Gasteiger partial charge in [0.25, 0.3) is 0 Å². The second-order valence-electron chi connectivity index (χ2n) is 9.53. The van der Waals surface area contributed by atoms with E-state index >= 15 is 0 Å². The molecule has 5 heterocycles. The van der Waals surface area contributed by atoms with Crippen LogP contribution in [0.2, 0.25) is 0 Å². The molecule has 0 spiro atoms. The standard InChI is InChI=1S/C32H23N5/c1-4-11-26-22(8-1)18-20-35(26)29-14-7-15-31(33-29)37-28-13-6-3-10-24(28)25-16-17-30(34-32(25)37)36-21-19-23-9-2-5-12-27(23)36/h1-13,15-21,29H,14H2. The average Bonchev–Trinajstić information content (AvgIpc) is 3.66. The van der Waals surface area contributed by atoms with E-state index in [0.29, 0.717) is 0 Å². The lowest BCUT2D eigenvalue weighted by atomic mass is 10.2. The van der Waals surface area contributed by atoms with Crippen LogP contribution in [-0.4, -0.2) is 24.5 Å². The molecule has 0 bridgehead atoms. The zero-order valence-corrected chi connectivity index (χ0v) is 20.1. The van der Waals surface area contributed by atoms with Crippen LogP contribution in [0.1, 0.15) is 12.6 Å². The van der Waals surface area contributed by atoms with Gasteiger partial charge in [-0.2, -0.15) is 0 Å². The molecule has 4 aromatic heterocycles. The highest BCUT2D eigenvalue weighted by molar-refractivity contribution is 6.15. The number of hydrogen-bond donors (Lipinski definition) is 0. The van der Waals surface area contributed by atoms with Crippen molar-refractivity contribution < 1.29 is 0 Å². The summed E-state index contributed by atoms with van der Waals surface area (Å²) < 4.78 is 6.65. The molecule has 0 saturated heterocycles. The van der Waals surface area contributed by atoms with Gasteiger partial charge in [0.15, 0.2) is 0 Å². The minimum atomic E-state index is -0.00677. The first-order valence-electron chi connectivity index (χ1n) is 12.6. The van der Waals surface area contributed by atoms with Gasteiger partial charge in [-0.05, 0) is 59.3 Å². The third-order valence-electron chi connectivity index (χ3n) is 7.43. The Hall–Kier alpha value is -4.90. The van der Waals surface area contributed by atoms with Crippen molar-refractivity contribution in [2.75, 3.05) is 0 Å². The van der Waals surface area contributed by atoms with E-state index in [1.54, 1.807) is 0 Å². The van der Waals surface area contributed by atoms with Crippen molar-refractivity contribution in [2.45, 2.75) is 12.6 Å². The molecule has 1 unspecified atom stereocenters. The molecule has 176 valence electrons. The molecule has 8 rings (SSSR count). The summed E-state index contributed by atoms with van der Waals surface area (Å²) in [6, 6.07) is 34.0. The SMILES string of the molecule is C1=CC(n2c3ccccc3c3ccc(-n4ccc5ccccc54)nc32)=NC(n2ccc3ccccc32)C1. The van der Waals surface area contributed by atoms with Gasteiger partial charge in [0.2, 0.25) is 0 Å². The van der Waals surface area contributed by atoms with Crippen molar-refractivity contribution in [3.8, 4) is 5.82 Å². The normalized spacial score (nSPS) is 15.8. The fourth-order valence-corrected chi connectivity index (χ4v) is 5.69. The Balaban J connectivity index is 1.35. The number of nitrogens with zero attached hydrogens (tertiary/aromatic N) is 5. The number of hydrogen-bond acceptors (Lipinski definition) is 2. The van der Waals surface area contributed by atoms with Crippen molar-refractivity contribution in [1.29, 1.82) is 0 Å². The van der Waals surface area contributed by atoms with Gasteiger partial charge in [-0.1, -0.05) is 60.7 Å². The lowest BCUT2D eigenvalue weighted by molar-refractivity contribution is 0.543. The van der Waals surface area contributed by atoms with Crippen LogP contribution in [0, 0.1) is 0 Å². The van der Waals surface area contributed by atoms with Crippen LogP contribution in [0.15, 0.2) is 127 Å². The Morgan fingerprint density at radius 2 is 1.38 bits per heavy atom. The van der Waals surface area contributed by atoms with Gasteiger partial charge >= 0.3 is 0 Å². The smallest absolute Gasteiger partial charge is 0.149 e. The predicted molar refractivity (Wildman–Crippen MR) is 152 cm³/mol. The van der Waals surface area contributed by atoms with Crippen LogP contribution in [0.3, 0.4) is 0 Å². The number of rotatable bonds is 2. The van der Waals surface area contributed by atoms with E-state index in [9.17, 15) is 0 Å². The van der Waals surface area contributed by atoms with Crippen molar-refractivity contribution in [3.63, 3.8) is 0 Å². The summed E-state index contributed by atoms with van der Waals surface area (Å²) in [5.74, 6) is 1.80. The molecule has 1 atom stereocenters. The molecule has 5 heteroatoms. The molecule has 0 radical (unpaired) electrons. The third-order valence-corrected chi connectivity index (χ3v) is 7.43. The lowest BCUT2D eigenvalue weighted by Crippen LogP contribution is -2.17. The highest BCUT2D eigenvalue weighted by Crippen LogP contribution is 2.32. The minimum Gasteiger partial charge on any atom is -0.324 e. The van der Waals surface area contributed by atoms with E-state index in [2.05, 4.69) is 135 Å². The zero-order chi connectivity index (χ0) is 24.3. The van der Waals surface area contributed by atoms with Crippen LogP contribution >= 0.6 is 0 Å². The van der Waals surface area contributed by atoms with Crippen LogP contribution in [0.4, 0.5) is 0 Å². The molecular weight excluding hydrogens is 454 g/mol. The van der Waals surface area contributed by atoms with E-state index < -0.39 is 0 Å². The minimum absolute atomic E-state index is 0.00677. The van der Waals surface area contributed by atoms with E-state index in [1.165, 1.54) is 21.7 Å². The third kappa shape index (κ3) is 3.04. The summed E-state index contributed by atoms with van der Waals surface area (Å²) in [6.45, 7) is 0. The Morgan fingerprint density at radius 3 is 2.27 bits per heavy atom. The van der Waals surface area contributed by atoms with Gasteiger partial charge < -0.3 is 9.13 Å². The van der Waals surface area contributed by atoms with E-state index in [0.717, 1.165) is 40.1 Å². The highest BCUT2D eigenvalue weighted by Gasteiger charge is 2.20. The Kier molecular flexibility index (Phi) is 4.28. The van der Waals surface area contributed by atoms with Gasteiger partial charge in [-0.3, -0.25) is 4.57 Å². The van der Waals surface area contributed by atoms with E-state index in [1.807, 2.05) is 0 Å². The molecule has 37 heavy (non-hydrogen) atoms. The second kappa shape index (κ2) is 7.80.